The zero-order valence-corrected chi connectivity index (χ0v) is 17.1. The number of ether oxygens (including phenoxy) is 2. The fraction of sp³-hybridized carbons (Fsp3) is 0.227. The number of aromatic nitrogens is 1. The molecule has 0 atom stereocenters. The molecule has 3 rings (SSSR count). The first kappa shape index (κ1) is 20.0. The van der Waals surface area contributed by atoms with E-state index in [1.54, 1.807) is 6.92 Å². The summed E-state index contributed by atoms with van der Waals surface area (Å²) in [5.41, 5.74) is 1.89. The predicted octanol–water partition coefficient (Wildman–Crippen LogP) is 5.10. The highest BCUT2D eigenvalue weighted by Gasteiger charge is 2.18. The third kappa shape index (κ3) is 4.95. The molecule has 0 radical (unpaired) electrons. The molecule has 0 spiro atoms. The Hall–Kier alpha value is -2.73. The van der Waals surface area contributed by atoms with E-state index in [9.17, 15) is 9.59 Å². The average Bonchev–Trinajstić information content (AvgIpc) is 2.71. The number of halogens is 1. The third-order valence-electron chi connectivity index (χ3n) is 4.13. The van der Waals surface area contributed by atoms with Crippen molar-refractivity contribution in [1.82, 2.24) is 4.98 Å². The van der Waals surface area contributed by atoms with Crippen LogP contribution in [-0.2, 0) is 16.1 Å². The van der Waals surface area contributed by atoms with Crippen molar-refractivity contribution in [2.45, 2.75) is 26.4 Å². The first-order valence-corrected chi connectivity index (χ1v) is 9.82. The molecule has 0 N–H and O–H groups in total. The van der Waals surface area contributed by atoms with Crippen LogP contribution in [-0.4, -0.2) is 23.3 Å². The summed E-state index contributed by atoms with van der Waals surface area (Å²) in [5.74, 6) is -0.249. The third-order valence-corrected chi connectivity index (χ3v) is 4.83. The number of rotatable bonds is 8. The number of hydrogen-bond acceptors (Lipinski definition) is 5. The van der Waals surface area contributed by atoms with Crippen molar-refractivity contribution >= 4 is 38.6 Å². The van der Waals surface area contributed by atoms with E-state index in [1.165, 1.54) is 0 Å². The van der Waals surface area contributed by atoms with Gasteiger partial charge in [0.15, 0.2) is 5.78 Å². The van der Waals surface area contributed by atoms with E-state index in [0.717, 1.165) is 15.4 Å². The first-order chi connectivity index (χ1) is 13.6. The van der Waals surface area contributed by atoms with Crippen LogP contribution >= 0.6 is 15.9 Å². The number of nitrogens with zero attached hydrogens (tertiary/aromatic N) is 1. The Balaban J connectivity index is 1.89. The molecular weight excluding hydrogens is 422 g/mol. The van der Waals surface area contributed by atoms with Crippen molar-refractivity contribution in [3.05, 3.63) is 70.3 Å². The van der Waals surface area contributed by atoms with Gasteiger partial charge in [0.25, 0.3) is 0 Å². The molecule has 0 saturated carbocycles. The molecular formula is C22H20BrNO4. The zero-order chi connectivity index (χ0) is 19.9. The van der Waals surface area contributed by atoms with Gasteiger partial charge in [-0.2, -0.15) is 0 Å². The minimum Gasteiger partial charge on any atom is -0.486 e. The number of carbonyl (C=O) groups is 2. The lowest BCUT2D eigenvalue weighted by Gasteiger charge is -2.12. The van der Waals surface area contributed by atoms with Crippen LogP contribution in [0.4, 0.5) is 0 Å². The second kappa shape index (κ2) is 9.46. The molecule has 0 unspecified atom stereocenters. The highest BCUT2D eigenvalue weighted by Crippen LogP contribution is 2.30. The fourth-order valence-electron chi connectivity index (χ4n) is 2.75. The Kier molecular flexibility index (Phi) is 6.76. The number of pyridine rings is 1. The molecule has 5 nitrogen and oxygen atoms in total. The lowest BCUT2D eigenvalue weighted by atomic mass is 10.1. The summed E-state index contributed by atoms with van der Waals surface area (Å²) in [4.78, 5) is 28.9. The van der Waals surface area contributed by atoms with Crippen LogP contribution < -0.4 is 4.74 Å². The van der Waals surface area contributed by atoms with E-state index < -0.39 is 5.97 Å². The van der Waals surface area contributed by atoms with Crippen molar-refractivity contribution in [1.29, 1.82) is 0 Å². The summed E-state index contributed by atoms with van der Waals surface area (Å²) in [7, 11) is 0. The first-order valence-electron chi connectivity index (χ1n) is 9.03. The summed E-state index contributed by atoms with van der Waals surface area (Å²) < 4.78 is 11.7. The Morgan fingerprint density at radius 3 is 2.57 bits per heavy atom. The Morgan fingerprint density at radius 1 is 1.04 bits per heavy atom. The van der Waals surface area contributed by atoms with Crippen molar-refractivity contribution in [2.75, 3.05) is 6.61 Å². The van der Waals surface area contributed by atoms with Gasteiger partial charge in [-0.25, -0.2) is 4.98 Å². The summed E-state index contributed by atoms with van der Waals surface area (Å²) in [6, 6.07) is 17.1. The summed E-state index contributed by atoms with van der Waals surface area (Å²) in [6.07, 6.45) is 0.0377. The Labute approximate surface area is 171 Å². The number of Topliss-reactive ketones (excluding diaryl/α,β-unsaturated/α-hetero) is 1. The number of hydrogen-bond donors (Lipinski definition) is 0. The highest BCUT2D eigenvalue weighted by atomic mass is 79.9. The molecule has 2 aromatic carbocycles. The van der Waals surface area contributed by atoms with Crippen LogP contribution in [0.2, 0.25) is 0 Å². The zero-order valence-electron chi connectivity index (χ0n) is 15.5. The van der Waals surface area contributed by atoms with E-state index in [2.05, 4.69) is 20.9 Å². The van der Waals surface area contributed by atoms with Gasteiger partial charge in [-0.3, -0.25) is 9.59 Å². The molecule has 0 aliphatic rings. The minimum absolute atomic E-state index is 0.0169. The Bertz CT molecular complexity index is 988. The Morgan fingerprint density at radius 2 is 1.82 bits per heavy atom. The summed E-state index contributed by atoms with van der Waals surface area (Å²) in [6.45, 7) is 2.34. The fourth-order valence-corrected chi connectivity index (χ4v) is 3.22. The van der Waals surface area contributed by atoms with Crippen LogP contribution in [0.25, 0.3) is 10.9 Å². The molecule has 0 saturated heterocycles. The van der Waals surface area contributed by atoms with Gasteiger partial charge in [0.1, 0.15) is 18.1 Å². The quantitative estimate of drug-likeness (QED) is 0.359. The van der Waals surface area contributed by atoms with Gasteiger partial charge in [-0.05, 0) is 30.7 Å². The molecule has 0 amide bonds. The maximum Gasteiger partial charge on any atom is 0.306 e. The van der Waals surface area contributed by atoms with Crippen molar-refractivity contribution in [3.63, 3.8) is 0 Å². The van der Waals surface area contributed by atoms with Crippen LogP contribution in [0, 0.1) is 0 Å². The van der Waals surface area contributed by atoms with E-state index >= 15 is 0 Å². The molecule has 1 aromatic heterocycles. The van der Waals surface area contributed by atoms with Crippen LogP contribution in [0.5, 0.6) is 5.75 Å². The summed E-state index contributed by atoms with van der Waals surface area (Å²) in [5, 5.41) is 0.854. The van der Waals surface area contributed by atoms with Gasteiger partial charge < -0.3 is 9.47 Å². The van der Waals surface area contributed by atoms with Gasteiger partial charge in [0, 0.05) is 16.3 Å². The van der Waals surface area contributed by atoms with E-state index in [-0.39, 0.29) is 24.3 Å². The molecule has 6 heteroatoms. The summed E-state index contributed by atoms with van der Waals surface area (Å²) >= 11 is 3.51. The molecule has 0 aliphatic carbocycles. The molecule has 1 heterocycles. The lowest BCUT2D eigenvalue weighted by molar-refractivity contribution is -0.143. The smallest absolute Gasteiger partial charge is 0.306 e. The van der Waals surface area contributed by atoms with Crippen molar-refractivity contribution in [3.8, 4) is 5.75 Å². The normalized spacial score (nSPS) is 10.6. The van der Waals surface area contributed by atoms with Gasteiger partial charge in [-0.15, -0.1) is 0 Å². The van der Waals surface area contributed by atoms with Crippen LogP contribution in [0.15, 0.2) is 59.1 Å². The highest BCUT2D eigenvalue weighted by molar-refractivity contribution is 9.10. The number of benzene rings is 2. The lowest BCUT2D eigenvalue weighted by Crippen LogP contribution is -2.11. The van der Waals surface area contributed by atoms with Crippen molar-refractivity contribution in [2.24, 2.45) is 0 Å². The minimum atomic E-state index is -0.397. The number of carbonyl (C=O) groups excluding carboxylic acids is 2. The second-order valence-electron chi connectivity index (χ2n) is 6.14. The monoisotopic (exact) mass is 441 g/mol. The number of esters is 1. The maximum atomic E-state index is 12.8. The van der Waals surface area contributed by atoms with Gasteiger partial charge in [0.2, 0.25) is 0 Å². The molecule has 0 fully saturated rings. The standard InChI is InChI=1S/C22H20BrNO4/c1-2-27-21(26)12-11-19(25)22-20(28-14-15-7-4-3-5-8-15)13-16-17(23)9-6-10-18(16)24-22/h3-10,13H,2,11-12,14H2,1H3. The van der Waals surface area contributed by atoms with Gasteiger partial charge in [-0.1, -0.05) is 52.3 Å². The van der Waals surface area contributed by atoms with Gasteiger partial charge in [0.05, 0.1) is 18.5 Å². The maximum absolute atomic E-state index is 12.8. The molecule has 0 bridgehead atoms. The average molecular weight is 442 g/mol. The predicted molar refractivity (Wildman–Crippen MR) is 110 cm³/mol. The second-order valence-corrected chi connectivity index (χ2v) is 7.00. The van der Waals surface area contributed by atoms with Crippen molar-refractivity contribution < 1.29 is 19.1 Å². The molecule has 144 valence electrons. The topological polar surface area (TPSA) is 65.5 Å². The van der Waals surface area contributed by atoms with E-state index in [0.29, 0.717) is 24.5 Å². The number of ketones is 1. The van der Waals surface area contributed by atoms with E-state index in [1.807, 2.05) is 54.6 Å². The SMILES string of the molecule is CCOC(=O)CCC(=O)c1nc2cccc(Br)c2cc1OCc1ccccc1. The van der Waals surface area contributed by atoms with E-state index in [4.69, 9.17) is 9.47 Å². The largest absolute Gasteiger partial charge is 0.486 e. The molecule has 3 aromatic rings. The molecule has 28 heavy (non-hydrogen) atoms. The number of fused-ring (bicyclic) bond motifs is 1. The van der Waals surface area contributed by atoms with Crippen LogP contribution in [0.1, 0.15) is 35.8 Å². The van der Waals surface area contributed by atoms with Gasteiger partial charge >= 0.3 is 5.97 Å². The van der Waals surface area contributed by atoms with Crippen LogP contribution in [0.3, 0.4) is 0 Å². The molecule has 0 aliphatic heterocycles.